The minimum Gasteiger partial charge on any atom is -0.494 e. The highest BCUT2D eigenvalue weighted by molar-refractivity contribution is 5.99. The molecule has 0 bridgehead atoms. The van der Waals surface area contributed by atoms with Crippen LogP contribution < -0.4 is 4.74 Å². The zero-order valence-electron chi connectivity index (χ0n) is 9.44. The van der Waals surface area contributed by atoms with Gasteiger partial charge in [0.05, 0.1) is 17.1 Å². The highest BCUT2D eigenvalue weighted by Crippen LogP contribution is 2.29. The molecule has 1 rings (SSSR count). The molecular weight excluding hydrogens is 210 g/mol. The number of rotatable bonds is 4. The van der Waals surface area contributed by atoms with Gasteiger partial charge in [-0.15, -0.1) is 0 Å². The van der Waals surface area contributed by atoms with Crippen LogP contribution in [0.15, 0.2) is 12.1 Å². The van der Waals surface area contributed by atoms with Crippen LogP contribution in [0.3, 0.4) is 0 Å². The molecule has 5 nitrogen and oxygen atoms in total. The van der Waals surface area contributed by atoms with Crippen LogP contribution in [0.25, 0.3) is 0 Å². The predicted molar refractivity (Wildman–Crippen MR) is 59.0 cm³/mol. The Morgan fingerprint density at radius 3 is 2.56 bits per heavy atom. The molecule has 0 saturated heterocycles. The van der Waals surface area contributed by atoms with Crippen LogP contribution in [0.5, 0.6) is 5.75 Å². The molecule has 0 N–H and O–H groups in total. The molecule has 0 unspecified atom stereocenters. The van der Waals surface area contributed by atoms with Gasteiger partial charge in [-0.2, -0.15) is 0 Å². The molecule has 0 radical (unpaired) electrons. The molecule has 0 fully saturated rings. The fourth-order valence-electron chi connectivity index (χ4n) is 1.51. The van der Waals surface area contributed by atoms with Gasteiger partial charge in [-0.3, -0.25) is 14.9 Å². The number of carbonyl (C=O) groups is 1. The summed E-state index contributed by atoms with van der Waals surface area (Å²) in [6, 6.07) is 2.98. The Kier molecular flexibility index (Phi) is 3.60. The van der Waals surface area contributed by atoms with Crippen LogP contribution in [0.4, 0.5) is 5.69 Å². The van der Waals surface area contributed by atoms with E-state index < -0.39 is 4.92 Å². The molecule has 5 heteroatoms. The van der Waals surface area contributed by atoms with Gasteiger partial charge in [0.1, 0.15) is 5.75 Å². The third-order valence-corrected chi connectivity index (χ3v) is 2.15. The standard InChI is InChI=1S/C11H13NO4/c1-4-16-9-5-7(2)11(12(14)15)10(6-9)8(3)13/h5-6H,4H2,1-3H3. The highest BCUT2D eigenvalue weighted by Gasteiger charge is 2.21. The first kappa shape index (κ1) is 12.2. The van der Waals surface area contributed by atoms with Gasteiger partial charge in [0.2, 0.25) is 0 Å². The summed E-state index contributed by atoms with van der Waals surface area (Å²) in [5.74, 6) is 0.146. The van der Waals surface area contributed by atoms with E-state index in [1.165, 1.54) is 13.0 Å². The van der Waals surface area contributed by atoms with Gasteiger partial charge in [-0.25, -0.2) is 0 Å². The van der Waals surface area contributed by atoms with Crippen molar-refractivity contribution < 1.29 is 14.5 Å². The second-order valence-electron chi connectivity index (χ2n) is 3.38. The van der Waals surface area contributed by atoms with E-state index in [0.717, 1.165) is 0 Å². The average Bonchev–Trinajstić information content (AvgIpc) is 2.16. The number of hydrogen-bond acceptors (Lipinski definition) is 4. The van der Waals surface area contributed by atoms with E-state index in [-0.39, 0.29) is 17.0 Å². The summed E-state index contributed by atoms with van der Waals surface area (Å²) < 4.78 is 5.24. The first-order valence-electron chi connectivity index (χ1n) is 4.90. The Bertz CT molecular complexity index is 440. The Balaban J connectivity index is 3.39. The maximum absolute atomic E-state index is 11.3. The van der Waals surface area contributed by atoms with Gasteiger partial charge >= 0.3 is 0 Å². The van der Waals surface area contributed by atoms with Crippen molar-refractivity contribution in [2.45, 2.75) is 20.8 Å². The molecule has 0 amide bonds. The first-order chi connectivity index (χ1) is 7.47. The Morgan fingerprint density at radius 1 is 1.50 bits per heavy atom. The van der Waals surface area contributed by atoms with Gasteiger partial charge in [0, 0.05) is 5.56 Å². The number of ketones is 1. The van der Waals surface area contributed by atoms with E-state index in [9.17, 15) is 14.9 Å². The van der Waals surface area contributed by atoms with Gasteiger partial charge in [-0.05, 0) is 32.9 Å². The van der Waals surface area contributed by atoms with Crippen LogP contribution in [-0.4, -0.2) is 17.3 Å². The van der Waals surface area contributed by atoms with E-state index in [0.29, 0.717) is 17.9 Å². The van der Waals surface area contributed by atoms with Crippen molar-refractivity contribution >= 4 is 11.5 Å². The van der Waals surface area contributed by atoms with Crippen molar-refractivity contribution in [1.82, 2.24) is 0 Å². The summed E-state index contributed by atoms with van der Waals surface area (Å²) in [6.45, 7) is 5.16. The summed E-state index contributed by atoms with van der Waals surface area (Å²) in [5, 5.41) is 10.8. The van der Waals surface area contributed by atoms with Crippen LogP contribution in [-0.2, 0) is 0 Å². The van der Waals surface area contributed by atoms with Gasteiger partial charge in [-0.1, -0.05) is 0 Å². The van der Waals surface area contributed by atoms with Crippen molar-refractivity contribution in [2.24, 2.45) is 0 Å². The topological polar surface area (TPSA) is 69.4 Å². The minimum atomic E-state index is -0.540. The quantitative estimate of drug-likeness (QED) is 0.446. The second kappa shape index (κ2) is 4.74. The summed E-state index contributed by atoms with van der Waals surface area (Å²) in [6.07, 6.45) is 0. The number of ether oxygens (including phenoxy) is 1. The van der Waals surface area contributed by atoms with Crippen LogP contribution in [0, 0.1) is 17.0 Å². The third-order valence-electron chi connectivity index (χ3n) is 2.15. The summed E-state index contributed by atoms with van der Waals surface area (Å²) in [4.78, 5) is 21.6. The highest BCUT2D eigenvalue weighted by atomic mass is 16.6. The largest absolute Gasteiger partial charge is 0.494 e. The van der Waals surface area contributed by atoms with Crippen molar-refractivity contribution in [3.63, 3.8) is 0 Å². The number of benzene rings is 1. The fourth-order valence-corrected chi connectivity index (χ4v) is 1.51. The number of carbonyl (C=O) groups excluding carboxylic acids is 1. The molecule has 0 aliphatic heterocycles. The molecule has 1 aromatic rings. The van der Waals surface area contributed by atoms with Crippen molar-refractivity contribution in [2.75, 3.05) is 6.61 Å². The van der Waals surface area contributed by atoms with Crippen molar-refractivity contribution in [1.29, 1.82) is 0 Å². The molecule has 0 aromatic heterocycles. The second-order valence-corrected chi connectivity index (χ2v) is 3.38. The SMILES string of the molecule is CCOc1cc(C)c([N+](=O)[O-])c(C(C)=O)c1. The Morgan fingerprint density at radius 2 is 2.12 bits per heavy atom. The van der Waals surface area contributed by atoms with Gasteiger partial charge in [0.25, 0.3) is 5.69 Å². The number of nitro groups is 1. The van der Waals surface area contributed by atoms with Gasteiger partial charge in [0.15, 0.2) is 5.78 Å². The van der Waals surface area contributed by atoms with Crippen LogP contribution >= 0.6 is 0 Å². The van der Waals surface area contributed by atoms with Crippen molar-refractivity contribution in [3.05, 3.63) is 33.4 Å². The lowest BCUT2D eigenvalue weighted by atomic mass is 10.0. The van der Waals surface area contributed by atoms with E-state index in [2.05, 4.69) is 0 Å². The molecule has 16 heavy (non-hydrogen) atoms. The molecule has 0 spiro atoms. The normalized spacial score (nSPS) is 9.94. The number of nitro benzene ring substituents is 1. The Labute approximate surface area is 93.2 Å². The van der Waals surface area contributed by atoms with E-state index >= 15 is 0 Å². The summed E-state index contributed by atoms with van der Waals surface area (Å²) in [7, 11) is 0. The monoisotopic (exact) mass is 223 g/mol. The molecule has 0 aliphatic carbocycles. The lowest BCUT2D eigenvalue weighted by Gasteiger charge is -2.07. The molecule has 1 aromatic carbocycles. The zero-order valence-corrected chi connectivity index (χ0v) is 9.44. The number of nitrogens with zero attached hydrogens (tertiary/aromatic N) is 1. The molecule has 0 heterocycles. The summed E-state index contributed by atoms with van der Waals surface area (Å²) >= 11 is 0. The molecular formula is C11H13NO4. The average molecular weight is 223 g/mol. The van der Waals surface area contributed by atoms with E-state index in [4.69, 9.17) is 4.74 Å². The van der Waals surface area contributed by atoms with Crippen molar-refractivity contribution in [3.8, 4) is 5.75 Å². The lowest BCUT2D eigenvalue weighted by Crippen LogP contribution is -2.04. The number of hydrogen-bond donors (Lipinski definition) is 0. The maximum atomic E-state index is 11.3. The van der Waals surface area contributed by atoms with Crippen LogP contribution in [0.1, 0.15) is 29.8 Å². The van der Waals surface area contributed by atoms with E-state index in [1.807, 2.05) is 6.92 Å². The zero-order chi connectivity index (χ0) is 12.3. The van der Waals surface area contributed by atoms with Gasteiger partial charge < -0.3 is 4.74 Å². The van der Waals surface area contributed by atoms with E-state index in [1.54, 1.807) is 13.0 Å². The fraction of sp³-hybridized carbons (Fsp3) is 0.364. The molecule has 86 valence electrons. The maximum Gasteiger partial charge on any atom is 0.283 e. The minimum absolute atomic E-state index is 0.0912. The number of aryl methyl sites for hydroxylation is 1. The smallest absolute Gasteiger partial charge is 0.283 e. The number of Topliss-reactive ketones (excluding diaryl/α,β-unsaturated/α-hetero) is 1. The summed E-state index contributed by atoms with van der Waals surface area (Å²) in [5.41, 5.74) is 0.380. The third kappa shape index (κ3) is 2.36. The molecule has 0 saturated carbocycles. The predicted octanol–water partition coefficient (Wildman–Crippen LogP) is 2.50. The Hall–Kier alpha value is -1.91. The van der Waals surface area contributed by atoms with Crippen LogP contribution in [0.2, 0.25) is 0 Å². The first-order valence-corrected chi connectivity index (χ1v) is 4.90. The lowest BCUT2D eigenvalue weighted by molar-refractivity contribution is -0.385. The molecule has 0 atom stereocenters. The molecule has 0 aliphatic rings.